The largest absolute Gasteiger partial charge is 0.370 e. The normalized spacial score (nSPS) is 15.0. The van der Waals surface area contributed by atoms with Crippen LogP contribution in [-0.2, 0) is 9.53 Å². The number of carbonyl (C=O) groups excluding carboxylic acids is 2. The lowest BCUT2D eigenvalue weighted by Gasteiger charge is -2.26. The van der Waals surface area contributed by atoms with Crippen molar-refractivity contribution in [3.05, 3.63) is 46.7 Å². The zero-order valence-electron chi connectivity index (χ0n) is 11.2. The number of nitrogens with zero attached hydrogens (tertiary/aromatic N) is 1. The van der Waals surface area contributed by atoms with Gasteiger partial charge in [0.2, 0.25) is 0 Å². The lowest BCUT2D eigenvalue weighted by molar-refractivity contribution is -0.125. The molecule has 0 aliphatic carbocycles. The lowest BCUT2D eigenvalue weighted by Crippen LogP contribution is -2.41. The second-order valence-corrected chi connectivity index (χ2v) is 5.52. The molecule has 1 aliphatic heterocycles. The molecule has 2 amide bonds. The van der Waals surface area contributed by atoms with Gasteiger partial charge in [-0.2, -0.15) is 0 Å². The number of hydrogen-bond donors (Lipinski definition) is 1. The quantitative estimate of drug-likeness (QED) is 0.947. The molecule has 2 aromatic rings. The number of carbonyl (C=O) groups is 2. The minimum atomic E-state index is -0.125. The molecule has 1 fully saturated rings. The van der Waals surface area contributed by atoms with Gasteiger partial charge in [0.05, 0.1) is 11.5 Å². The van der Waals surface area contributed by atoms with Gasteiger partial charge in [-0.25, -0.2) is 0 Å². The van der Waals surface area contributed by atoms with Crippen LogP contribution in [0.4, 0.5) is 11.4 Å². The van der Waals surface area contributed by atoms with E-state index in [0.717, 1.165) is 5.69 Å². The Labute approximate surface area is 126 Å². The second kappa shape index (κ2) is 6.07. The van der Waals surface area contributed by atoms with E-state index in [0.29, 0.717) is 23.7 Å². The summed E-state index contributed by atoms with van der Waals surface area (Å²) >= 11 is 1.40. The zero-order valence-corrected chi connectivity index (χ0v) is 12.1. The molecule has 3 rings (SSSR count). The van der Waals surface area contributed by atoms with Crippen molar-refractivity contribution in [1.29, 1.82) is 0 Å². The highest BCUT2D eigenvalue weighted by atomic mass is 32.1. The molecule has 6 heteroatoms. The average Bonchev–Trinajstić information content (AvgIpc) is 3.03. The fourth-order valence-electron chi connectivity index (χ4n) is 2.12. The van der Waals surface area contributed by atoms with Crippen molar-refractivity contribution in [3.8, 4) is 0 Å². The Bertz CT molecular complexity index is 637. The Morgan fingerprint density at radius 1 is 1.24 bits per heavy atom. The summed E-state index contributed by atoms with van der Waals surface area (Å²) in [6.07, 6.45) is 0. The molecule has 0 bridgehead atoms. The van der Waals surface area contributed by atoms with Gasteiger partial charge in [-0.3, -0.25) is 9.59 Å². The molecule has 0 radical (unpaired) electrons. The first kappa shape index (κ1) is 13.8. The smallest absolute Gasteiger partial charge is 0.265 e. The lowest BCUT2D eigenvalue weighted by atomic mass is 10.2. The van der Waals surface area contributed by atoms with Gasteiger partial charge in [-0.05, 0) is 35.7 Å². The summed E-state index contributed by atoms with van der Waals surface area (Å²) in [6, 6.07) is 10.9. The van der Waals surface area contributed by atoms with E-state index in [-0.39, 0.29) is 18.4 Å². The van der Waals surface area contributed by atoms with E-state index >= 15 is 0 Å². The Morgan fingerprint density at radius 2 is 2.05 bits per heavy atom. The molecule has 5 nitrogen and oxygen atoms in total. The molecule has 0 unspecified atom stereocenters. The fourth-order valence-corrected chi connectivity index (χ4v) is 2.74. The Hall–Kier alpha value is -2.18. The third-order valence-electron chi connectivity index (χ3n) is 3.17. The summed E-state index contributed by atoms with van der Waals surface area (Å²) in [4.78, 5) is 26.0. The predicted molar refractivity (Wildman–Crippen MR) is 81.9 cm³/mol. The average molecular weight is 302 g/mol. The van der Waals surface area contributed by atoms with Crippen molar-refractivity contribution in [2.45, 2.75) is 0 Å². The van der Waals surface area contributed by atoms with E-state index in [9.17, 15) is 9.59 Å². The standard InChI is InChI=1S/C15H14N2O3S/c18-14-10-20-8-7-17(14)12-5-3-11(4-6-12)16-15(19)13-2-1-9-21-13/h1-6,9H,7-8,10H2,(H,16,19). The summed E-state index contributed by atoms with van der Waals surface area (Å²) in [7, 11) is 0. The maximum absolute atomic E-state index is 11.9. The van der Waals surface area contributed by atoms with Gasteiger partial charge in [0.15, 0.2) is 0 Å². The van der Waals surface area contributed by atoms with Crippen molar-refractivity contribution < 1.29 is 14.3 Å². The molecule has 0 spiro atoms. The van der Waals surface area contributed by atoms with Crippen molar-refractivity contribution in [1.82, 2.24) is 0 Å². The van der Waals surface area contributed by atoms with Crippen LogP contribution in [0.5, 0.6) is 0 Å². The predicted octanol–water partition coefficient (Wildman–Crippen LogP) is 2.36. The summed E-state index contributed by atoms with van der Waals surface area (Å²) in [6.45, 7) is 1.22. The van der Waals surface area contributed by atoms with Crippen LogP contribution in [0.2, 0.25) is 0 Å². The first-order valence-corrected chi connectivity index (χ1v) is 7.45. The van der Waals surface area contributed by atoms with Crippen LogP contribution >= 0.6 is 11.3 Å². The molecular formula is C15H14N2O3S. The van der Waals surface area contributed by atoms with Gasteiger partial charge in [0.25, 0.3) is 11.8 Å². The number of hydrogen-bond acceptors (Lipinski definition) is 4. The molecule has 108 valence electrons. The van der Waals surface area contributed by atoms with Crippen molar-refractivity contribution >= 4 is 34.5 Å². The Morgan fingerprint density at radius 3 is 2.71 bits per heavy atom. The highest BCUT2D eigenvalue weighted by molar-refractivity contribution is 7.12. The fraction of sp³-hybridized carbons (Fsp3) is 0.200. The highest BCUT2D eigenvalue weighted by Crippen LogP contribution is 2.20. The third-order valence-corrected chi connectivity index (χ3v) is 4.04. The number of thiophene rings is 1. The molecule has 1 aromatic heterocycles. The number of ether oxygens (including phenoxy) is 1. The van der Waals surface area contributed by atoms with E-state index in [4.69, 9.17) is 4.74 Å². The van der Waals surface area contributed by atoms with Crippen LogP contribution in [0.25, 0.3) is 0 Å². The van der Waals surface area contributed by atoms with E-state index < -0.39 is 0 Å². The van der Waals surface area contributed by atoms with Crippen LogP contribution in [0, 0.1) is 0 Å². The molecule has 2 heterocycles. The van der Waals surface area contributed by atoms with E-state index in [1.165, 1.54) is 11.3 Å². The number of nitrogens with one attached hydrogen (secondary N) is 1. The third kappa shape index (κ3) is 3.12. The molecule has 21 heavy (non-hydrogen) atoms. The van der Waals surface area contributed by atoms with Gasteiger partial charge in [0, 0.05) is 17.9 Å². The monoisotopic (exact) mass is 302 g/mol. The number of rotatable bonds is 3. The van der Waals surface area contributed by atoms with Crippen LogP contribution in [0.15, 0.2) is 41.8 Å². The maximum Gasteiger partial charge on any atom is 0.265 e. The maximum atomic E-state index is 11.9. The van der Waals surface area contributed by atoms with Gasteiger partial charge < -0.3 is 15.0 Å². The van der Waals surface area contributed by atoms with Crippen molar-refractivity contribution in [3.63, 3.8) is 0 Å². The first-order chi connectivity index (χ1) is 10.2. The summed E-state index contributed by atoms with van der Waals surface area (Å²) < 4.78 is 5.10. The van der Waals surface area contributed by atoms with Crippen LogP contribution < -0.4 is 10.2 Å². The molecule has 1 saturated heterocycles. The Balaban J connectivity index is 1.69. The van der Waals surface area contributed by atoms with Crippen molar-refractivity contribution in [2.75, 3.05) is 30.0 Å². The summed E-state index contributed by atoms with van der Waals surface area (Å²) in [5, 5.41) is 4.69. The van der Waals surface area contributed by atoms with Crippen LogP contribution in [-0.4, -0.2) is 31.6 Å². The van der Waals surface area contributed by atoms with E-state index in [2.05, 4.69) is 5.32 Å². The SMILES string of the molecule is O=C(Nc1ccc(N2CCOCC2=O)cc1)c1cccs1. The number of amides is 2. The van der Waals surface area contributed by atoms with Gasteiger partial charge in [0.1, 0.15) is 6.61 Å². The summed E-state index contributed by atoms with van der Waals surface area (Å²) in [5.41, 5.74) is 1.52. The molecule has 0 saturated carbocycles. The van der Waals surface area contributed by atoms with Crippen molar-refractivity contribution in [2.24, 2.45) is 0 Å². The number of benzene rings is 1. The van der Waals surface area contributed by atoms with Gasteiger partial charge in [-0.1, -0.05) is 6.07 Å². The van der Waals surface area contributed by atoms with E-state index in [1.54, 1.807) is 23.1 Å². The highest BCUT2D eigenvalue weighted by Gasteiger charge is 2.19. The minimum Gasteiger partial charge on any atom is -0.370 e. The van der Waals surface area contributed by atoms with E-state index in [1.807, 2.05) is 23.6 Å². The number of anilines is 2. The zero-order chi connectivity index (χ0) is 14.7. The molecule has 0 atom stereocenters. The molecule has 1 aromatic carbocycles. The topological polar surface area (TPSA) is 58.6 Å². The molecule has 1 N–H and O–H groups in total. The van der Waals surface area contributed by atoms with Crippen LogP contribution in [0.3, 0.4) is 0 Å². The van der Waals surface area contributed by atoms with Crippen LogP contribution in [0.1, 0.15) is 9.67 Å². The second-order valence-electron chi connectivity index (χ2n) is 4.58. The first-order valence-electron chi connectivity index (χ1n) is 6.57. The number of morpholine rings is 1. The molecule has 1 aliphatic rings. The van der Waals surface area contributed by atoms with Gasteiger partial charge >= 0.3 is 0 Å². The van der Waals surface area contributed by atoms with Gasteiger partial charge in [-0.15, -0.1) is 11.3 Å². The minimum absolute atomic E-state index is 0.0448. The Kier molecular flexibility index (Phi) is 3.98. The summed E-state index contributed by atoms with van der Waals surface area (Å²) in [5.74, 6) is -0.170. The molecular weight excluding hydrogens is 288 g/mol.